The fraction of sp³-hybridized carbons (Fsp3) is 0.476. The van der Waals surface area contributed by atoms with E-state index in [2.05, 4.69) is 46.7 Å². The third-order valence-corrected chi connectivity index (χ3v) is 4.07. The van der Waals surface area contributed by atoms with Gasteiger partial charge in [-0.05, 0) is 24.6 Å². The fourth-order valence-electron chi connectivity index (χ4n) is 2.39. The van der Waals surface area contributed by atoms with Crippen LogP contribution in [-0.4, -0.2) is 37.1 Å². The number of carbonyl (C=O) groups is 1. The van der Waals surface area contributed by atoms with Crippen LogP contribution in [-0.2, 0) is 23.3 Å². The molecule has 1 amide bonds. The van der Waals surface area contributed by atoms with E-state index in [0.29, 0.717) is 31.5 Å². The summed E-state index contributed by atoms with van der Waals surface area (Å²) in [5.74, 6) is 2.55. The Morgan fingerprint density at radius 3 is 2.40 bits per heavy atom. The zero-order valence-electron chi connectivity index (χ0n) is 18.2. The first-order valence-corrected chi connectivity index (χ1v) is 9.68. The Bertz CT molecular complexity index is 813. The van der Waals surface area contributed by atoms with Gasteiger partial charge in [-0.1, -0.05) is 32.9 Å². The molecule has 1 heterocycles. The summed E-state index contributed by atoms with van der Waals surface area (Å²) in [6.45, 7) is 9.69. The van der Waals surface area contributed by atoms with Crippen LogP contribution in [0.4, 0.5) is 0 Å². The molecule has 30 heavy (non-hydrogen) atoms. The van der Waals surface area contributed by atoms with Gasteiger partial charge in [-0.2, -0.15) is 0 Å². The van der Waals surface area contributed by atoms with E-state index in [-0.39, 0.29) is 41.8 Å². The molecule has 1 aromatic heterocycles. The van der Waals surface area contributed by atoms with Gasteiger partial charge in [-0.3, -0.25) is 4.79 Å². The number of amides is 1. The van der Waals surface area contributed by atoms with Crippen LogP contribution in [0.5, 0.6) is 5.75 Å². The predicted molar refractivity (Wildman–Crippen MR) is 128 cm³/mol. The average molecular weight is 529 g/mol. The zero-order chi connectivity index (χ0) is 21.3. The lowest BCUT2D eigenvalue weighted by Gasteiger charge is -2.13. The molecule has 0 aliphatic carbocycles. The normalized spacial score (nSPS) is 11.4. The van der Waals surface area contributed by atoms with E-state index in [1.54, 1.807) is 13.3 Å². The smallest absolute Gasteiger partial charge is 0.242 e. The summed E-state index contributed by atoms with van der Waals surface area (Å²) in [5, 5.41) is 9.09. The first-order valence-electron chi connectivity index (χ1n) is 9.68. The van der Waals surface area contributed by atoms with Crippen LogP contribution in [0.1, 0.15) is 44.9 Å². The van der Waals surface area contributed by atoms with Gasteiger partial charge in [0, 0.05) is 18.5 Å². The Hall–Kier alpha value is -2.30. The number of rotatable bonds is 8. The molecule has 2 aromatic rings. The molecule has 0 aliphatic rings. The minimum absolute atomic E-state index is 0. The zero-order valence-corrected chi connectivity index (χ0v) is 20.6. The number of aliphatic imine (C=N–C) groups is 1. The largest absolute Gasteiger partial charge is 0.497 e. The summed E-state index contributed by atoms with van der Waals surface area (Å²) in [6, 6.07) is 7.55. The van der Waals surface area contributed by atoms with Crippen molar-refractivity contribution >= 4 is 35.8 Å². The molecule has 0 saturated heterocycles. The van der Waals surface area contributed by atoms with E-state index in [9.17, 15) is 4.79 Å². The molecule has 0 fully saturated rings. The van der Waals surface area contributed by atoms with Crippen molar-refractivity contribution in [2.24, 2.45) is 4.99 Å². The maximum absolute atomic E-state index is 12.1. The summed E-state index contributed by atoms with van der Waals surface area (Å²) in [4.78, 5) is 20.7. The minimum Gasteiger partial charge on any atom is -0.497 e. The van der Waals surface area contributed by atoms with Gasteiger partial charge in [0.15, 0.2) is 5.96 Å². The number of methoxy groups -OCH3 is 1. The summed E-state index contributed by atoms with van der Waals surface area (Å²) in [7, 11) is 1.62. The minimum atomic E-state index is -0.163. The summed E-state index contributed by atoms with van der Waals surface area (Å²) in [6.07, 6.45) is 1.74. The monoisotopic (exact) mass is 529 g/mol. The van der Waals surface area contributed by atoms with E-state index in [1.807, 2.05) is 31.2 Å². The van der Waals surface area contributed by atoms with Crippen LogP contribution < -0.4 is 20.7 Å². The molecular formula is C21H32IN5O3. The fourth-order valence-corrected chi connectivity index (χ4v) is 2.39. The standard InChI is InChI=1S/C21H31N5O3.HI/c1-6-22-20(26-14-19-24-12-17(29-19)21(2,3)4)25-13-18(27)23-11-15-7-9-16(28-5)10-8-15;/h7-10,12H,6,11,13-14H2,1-5H3,(H,23,27)(H2,22,25,26);1H. The highest BCUT2D eigenvalue weighted by Gasteiger charge is 2.19. The summed E-state index contributed by atoms with van der Waals surface area (Å²) >= 11 is 0. The molecule has 166 valence electrons. The van der Waals surface area contributed by atoms with Crippen molar-refractivity contribution < 1.29 is 13.9 Å². The van der Waals surface area contributed by atoms with Gasteiger partial charge >= 0.3 is 0 Å². The molecule has 9 heteroatoms. The Morgan fingerprint density at radius 2 is 1.83 bits per heavy atom. The third-order valence-electron chi connectivity index (χ3n) is 4.07. The molecule has 0 aliphatic heterocycles. The average Bonchev–Trinajstić information content (AvgIpc) is 3.18. The Labute approximate surface area is 195 Å². The van der Waals surface area contributed by atoms with Crippen LogP contribution in [0.2, 0.25) is 0 Å². The maximum Gasteiger partial charge on any atom is 0.242 e. The van der Waals surface area contributed by atoms with Gasteiger partial charge in [-0.15, -0.1) is 24.0 Å². The number of hydrogen-bond acceptors (Lipinski definition) is 5. The van der Waals surface area contributed by atoms with Crippen molar-refractivity contribution in [2.45, 2.75) is 46.2 Å². The lowest BCUT2D eigenvalue weighted by molar-refractivity contribution is -0.119. The molecule has 0 atom stereocenters. The van der Waals surface area contributed by atoms with Crippen LogP contribution in [0.25, 0.3) is 0 Å². The quantitative estimate of drug-likeness (QED) is 0.276. The Balaban J connectivity index is 0.00000450. The molecular weight excluding hydrogens is 497 g/mol. The highest BCUT2D eigenvalue weighted by Crippen LogP contribution is 2.22. The van der Waals surface area contributed by atoms with E-state index < -0.39 is 0 Å². The molecule has 0 bridgehead atoms. The van der Waals surface area contributed by atoms with Crippen molar-refractivity contribution in [1.29, 1.82) is 0 Å². The van der Waals surface area contributed by atoms with Crippen molar-refractivity contribution in [3.8, 4) is 5.75 Å². The summed E-state index contributed by atoms with van der Waals surface area (Å²) in [5.41, 5.74) is 0.901. The van der Waals surface area contributed by atoms with Crippen LogP contribution in [0.15, 0.2) is 39.9 Å². The van der Waals surface area contributed by atoms with E-state index in [4.69, 9.17) is 9.15 Å². The molecule has 0 unspecified atom stereocenters. The molecule has 2 rings (SSSR count). The van der Waals surface area contributed by atoms with Gasteiger partial charge in [0.1, 0.15) is 18.1 Å². The van der Waals surface area contributed by atoms with E-state index in [0.717, 1.165) is 17.1 Å². The first-order chi connectivity index (χ1) is 13.8. The Kier molecular flexibility index (Phi) is 10.6. The number of halogens is 1. The lowest BCUT2D eigenvalue weighted by Crippen LogP contribution is -2.38. The van der Waals surface area contributed by atoms with Crippen molar-refractivity contribution in [3.05, 3.63) is 47.7 Å². The molecule has 8 nitrogen and oxygen atoms in total. The van der Waals surface area contributed by atoms with Crippen LogP contribution >= 0.6 is 24.0 Å². The third kappa shape index (κ3) is 8.60. The number of aromatic nitrogens is 1. The number of benzene rings is 1. The number of guanidine groups is 1. The number of oxazole rings is 1. The molecule has 0 saturated carbocycles. The van der Waals surface area contributed by atoms with Crippen LogP contribution in [0, 0.1) is 0 Å². The number of nitrogens with one attached hydrogen (secondary N) is 3. The second-order valence-electron chi connectivity index (χ2n) is 7.54. The molecule has 0 radical (unpaired) electrons. The number of ether oxygens (including phenoxy) is 1. The second kappa shape index (κ2) is 12.4. The molecule has 0 spiro atoms. The van der Waals surface area contributed by atoms with Crippen molar-refractivity contribution in [3.63, 3.8) is 0 Å². The van der Waals surface area contributed by atoms with Gasteiger partial charge in [0.05, 0.1) is 19.9 Å². The highest BCUT2D eigenvalue weighted by molar-refractivity contribution is 14.0. The molecule has 1 aromatic carbocycles. The Morgan fingerprint density at radius 1 is 1.13 bits per heavy atom. The maximum atomic E-state index is 12.1. The van der Waals surface area contributed by atoms with Gasteiger partial charge in [-0.25, -0.2) is 9.98 Å². The number of hydrogen-bond donors (Lipinski definition) is 3. The van der Waals surface area contributed by atoms with Crippen molar-refractivity contribution in [2.75, 3.05) is 20.2 Å². The molecule has 3 N–H and O–H groups in total. The SMILES string of the molecule is CCNC(=NCC(=O)NCc1ccc(OC)cc1)NCc1ncc(C(C)(C)C)o1.I. The van der Waals surface area contributed by atoms with Gasteiger partial charge in [0.2, 0.25) is 11.8 Å². The van der Waals surface area contributed by atoms with Crippen molar-refractivity contribution in [1.82, 2.24) is 20.9 Å². The lowest BCUT2D eigenvalue weighted by atomic mass is 9.94. The van der Waals surface area contributed by atoms with Crippen LogP contribution in [0.3, 0.4) is 0 Å². The second-order valence-corrected chi connectivity index (χ2v) is 7.54. The van der Waals surface area contributed by atoms with E-state index in [1.165, 1.54) is 0 Å². The topological polar surface area (TPSA) is 101 Å². The number of nitrogens with zero attached hydrogens (tertiary/aromatic N) is 2. The predicted octanol–water partition coefficient (Wildman–Crippen LogP) is 2.97. The first kappa shape index (κ1) is 25.7. The highest BCUT2D eigenvalue weighted by atomic mass is 127. The number of carbonyl (C=O) groups excluding carboxylic acids is 1. The van der Waals surface area contributed by atoms with Gasteiger partial charge < -0.3 is 25.1 Å². The van der Waals surface area contributed by atoms with E-state index >= 15 is 0 Å². The summed E-state index contributed by atoms with van der Waals surface area (Å²) < 4.78 is 10.9. The van der Waals surface area contributed by atoms with Gasteiger partial charge in [0.25, 0.3) is 0 Å².